The molecular weight excluding hydrogens is 488 g/mol. The van der Waals surface area contributed by atoms with Crippen molar-refractivity contribution in [1.82, 2.24) is 14.8 Å². The van der Waals surface area contributed by atoms with E-state index in [1.807, 2.05) is 18.2 Å². The normalized spacial score (nSPS) is 20.1. The molecule has 14 heteroatoms. The van der Waals surface area contributed by atoms with E-state index in [-0.39, 0.29) is 0 Å². The summed E-state index contributed by atoms with van der Waals surface area (Å²) in [7, 11) is 2.29. The predicted octanol–water partition coefficient (Wildman–Crippen LogP) is 3.53. The van der Waals surface area contributed by atoms with Gasteiger partial charge in [-0.1, -0.05) is 6.07 Å². The van der Waals surface area contributed by atoms with Gasteiger partial charge in [-0.15, -0.1) is 0 Å². The van der Waals surface area contributed by atoms with Crippen LogP contribution in [0, 0.1) is 5.92 Å². The number of hydrogen-bond acceptors (Lipinski definition) is 6. The first-order valence-corrected chi connectivity index (χ1v) is 10.6. The van der Waals surface area contributed by atoms with E-state index in [0.29, 0.717) is 17.5 Å². The minimum atomic E-state index is -5.08. The highest BCUT2D eigenvalue weighted by molar-refractivity contribution is 5.73. The molecule has 2 aliphatic rings. The summed E-state index contributed by atoms with van der Waals surface area (Å²) in [6.45, 7) is 8.98. The fourth-order valence-corrected chi connectivity index (χ4v) is 3.63. The highest BCUT2D eigenvalue weighted by Gasteiger charge is 2.49. The lowest BCUT2D eigenvalue weighted by Gasteiger charge is -2.60. The van der Waals surface area contributed by atoms with Gasteiger partial charge in [0.15, 0.2) is 0 Å². The number of carbonyl (C=O) groups is 2. The SMILES string of the molecule is CC(C)N1CC2(CC(COc3ccccn3)CCN2C)C1.O=C(O)C(F)(F)F.O=C(O)C(F)(F)F. The van der Waals surface area contributed by atoms with Crippen LogP contribution < -0.4 is 4.74 Å². The summed E-state index contributed by atoms with van der Waals surface area (Å²) in [6.07, 6.45) is -5.90. The van der Waals surface area contributed by atoms with E-state index in [1.54, 1.807) is 6.20 Å². The molecule has 0 bridgehead atoms. The number of likely N-dealkylation sites (tertiary alicyclic amines) is 2. The van der Waals surface area contributed by atoms with Crippen LogP contribution in [0.25, 0.3) is 0 Å². The van der Waals surface area contributed by atoms with Crippen molar-refractivity contribution in [2.24, 2.45) is 5.92 Å². The Morgan fingerprint density at radius 2 is 1.63 bits per heavy atom. The number of pyridine rings is 1. The lowest BCUT2D eigenvalue weighted by Crippen LogP contribution is -2.72. The molecule has 1 aromatic heterocycles. The third kappa shape index (κ3) is 9.88. The Morgan fingerprint density at radius 3 is 2.03 bits per heavy atom. The molecule has 1 atom stereocenters. The molecule has 0 amide bonds. The first-order chi connectivity index (χ1) is 16.0. The molecule has 3 heterocycles. The van der Waals surface area contributed by atoms with Gasteiger partial charge in [0.2, 0.25) is 5.88 Å². The summed E-state index contributed by atoms with van der Waals surface area (Å²) in [4.78, 5) is 27.2. The number of halogens is 6. The van der Waals surface area contributed by atoms with Crippen molar-refractivity contribution in [3.8, 4) is 5.88 Å². The number of alkyl halides is 6. The van der Waals surface area contributed by atoms with E-state index in [1.165, 1.54) is 32.5 Å². The minimum Gasteiger partial charge on any atom is -0.477 e. The van der Waals surface area contributed by atoms with Crippen LogP contribution in [0.3, 0.4) is 0 Å². The number of piperidine rings is 1. The number of likely N-dealkylation sites (N-methyl/N-ethyl adjacent to an activating group) is 1. The maximum absolute atomic E-state index is 10.6. The first kappa shape index (κ1) is 30.4. The minimum absolute atomic E-state index is 0.390. The van der Waals surface area contributed by atoms with Gasteiger partial charge in [0, 0.05) is 36.9 Å². The summed E-state index contributed by atoms with van der Waals surface area (Å²) in [6, 6.07) is 6.50. The number of nitrogens with zero attached hydrogens (tertiary/aromatic N) is 3. The molecule has 0 saturated carbocycles. The van der Waals surface area contributed by atoms with Crippen LogP contribution in [0.4, 0.5) is 26.3 Å². The van der Waals surface area contributed by atoms with Gasteiger partial charge in [-0.3, -0.25) is 9.80 Å². The van der Waals surface area contributed by atoms with Gasteiger partial charge in [0.25, 0.3) is 0 Å². The summed E-state index contributed by atoms with van der Waals surface area (Å²) in [5.74, 6) is -4.11. The predicted molar refractivity (Wildman–Crippen MR) is 112 cm³/mol. The molecule has 35 heavy (non-hydrogen) atoms. The second-order valence-corrected chi connectivity index (χ2v) is 8.59. The maximum Gasteiger partial charge on any atom is 0.490 e. The molecule has 2 N–H and O–H groups in total. The molecule has 3 rings (SSSR count). The number of aromatic nitrogens is 1. The Balaban J connectivity index is 0.000000362. The number of ether oxygens (including phenoxy) is 1. The molecular formula is C21H29F6N3O5. The molecule has 200 valence electrons. The van der Waals surface area contributed by atoms with Gasteiger partial charge in [-0.05, 0) is 52.3 Å². The van der Waals surface area contributed by atoms with E-state index in [2.05, 4.69) is 35.7 Å². The lowest BCUT2D eigenvalue weighted by atomic mass is 9.75. The summed E-state index contributed by atoms with van der Waals surface area (Å²) in [5, 5.41) is 14.2. The van der Waals surface area contributed by atoms with Gasteiger partial charge in [0.05, 0.1) is 6.61 Å². The van der Waals surface area contributed by atoms with Crippen molar-refractivity contribution in [1.29, 1.82) is 0 Å². The highest BCUT2D eigenvalue weighted by Crippen LogP contribution is 2.39. The smallest absolute Gasteiger partial charge is 0.477 e. The van der Waals surface area contributed by atoms with Crippen LogP contribution in [0.1, 0.15) is 26.7 Å². The second-order valence-electron chi connectivity index (χ2n) is 8.59. The quantitative estimate of drug-likeness (QED) is 0.585. The maximum atomic E-state index is 10.6. The van der Waals surface area contributed by atoms with Crippen molar-refractivity contribution in [3.05, 3.63) is 24.4 Å². The number of rotatable bonds is 4. The molecule has 1 aromatic rings. The molecule has 2 aliphatic heterocycles. The highest BCUT2D eigenvalue weighted by atomic mass is 19.4. The average molecular weight is 517 g/mol. The Labute approximate surface area is 198 Å². The van der Waals surface area contributed by atoms with E-state index >= 15 is 0 Å². The average Bonchev–Trinajstić information content (AvgIpc) is 2.71. The van der Waals surface area contributed by atoms with Crippen molar-refractivity contribution in [2.75, 3.05) is 33.3 Å². The third-order valence-corrected chi connectivity index (χ3v) is 5.67. The Kier molecular flexibility index (Phi) is 10.8. The molecule has 1 spiro atoms. The van der Waals surface area contributed by atoms with Crippen LogP contribution in [-0.2, 0) is 9.59 Å². The number of aliphatic carboxylic acids is 2. The fourth-order valence-electron chi connectivity index (χ4n) is 3.63. The third-order valence-electron chi connectivity index (χ3n) is 5.67. The molecule has 0 aliphatic carbocycles. The monoisotopic (exact) mass is 517 g/mol. The van der Waals surface area contributed by atoms with Gasteiger partial charge in [-0.2, -0.15) is 26.3 Å². The molecule has 0 radical (unpaired) electrons. The number of carboxylic acids is 2. The van der Waals surface area contributed by atoms with Crippen LogP contribution in [0.5, 0.6) is 5.88 Å². The topological polar surface area (TPSA) is 103 Å². The van der Waals surface area contributed by atoms with Crippen molar-refractivity contribution >= 4 is 11.9 Å². The van der Waals surface area contributed by atoms with E-state index in [0.717, 1.165) is 12.5 Å². The molecule has 1 unspecified atom stereocenters. The number of carboxylic acid groups (broad SMARTS) is 2. The van der Waals surface area contributed by atoms with Crippen molar-refractivity contribution < 1.29 is 50.9 Å². The summed E-state index contributed by atoms with van der Waals surface area (Å²) in [5.41, 5.74) is 0.390. The van der Waals surface area contributed by atoms with Gasteiger partial charge >= 0.3 is 24.3 Å². The van der Waals surface area contributed by atoms with Gasteiger partial charge < -0.3 is 14.9 Å². The van der Waals surface area contributed by atoms with Gasteiger partial charge in [0.1, 0.15) is 0 Å². The summed E-state index contributed by atoms with van der Waals surface area (Å²) < 4.78 is 69.3. The second kappa shape index (κ2) is 12.4. The van der Waals surface area contributed by atoms with Gasteiger partial charge in [-0.25, -0.2) is 14.6 Å². The van der Waals surface area contributed by atoms with E-state index < -0.39 is 24.3 Å². The zero-order chi connectivity index (χ0) is 27.0. The molecule has 0 aromatic carbocycles. The zero-order valence-electron chi connectivity index (χ0n) is 19.4. The Hall–Kier alpha value is -2.61. The van der Waals surface area contributed by atoms with Crippen LogP contribution in [0.15, 0.2) is 24.4 Å². The van der Waals surface area contributed by atoms with E-state index in [4.69, 9.17) is 24.5 Å². The van der Waals surface area contributed by atoms with E-state index in [9.17, 15) is 26.3 Å². The van der Waals surface area contributed by atoms with Crippen molar-refractivity contribution in [2.45, 2.75) is 50.6 Å². The van der Waals surface area contributed by atoms with Crippen LogP contribution in [-0.4, -0.2) is 94.2 Å². The molecule has 8 nitrogen and oxygen atoms in total. The molecule has 2 fully saturated rings. The van der Waals surface area contributed by atoms with Crippen molar-refractivity contribution in [3.63, 3.8) is 0 Å². The lowest BCUT2D eigenvalue weighted by molar-refractivity contribution is -0.193. The summed E-state index contributed by atoms with van der Waals surface area (Å²) >= 11 is 0. The Bertz CT molecular complexity index is 790. The largest absolute Gasteiger partial charge is 0.490 e. The molecule has 2 saturated heterocycles. The van der Waals surface area contributed by atoms with Crippen LogP contribution in [0.2, 0.25) is 0 Å². The zero-order valence-corrected chi connectivity index (χ0v) is 19.4. The first-order valence-electron chi connectivity index (χ1n) is 10.6. The van der Waals surface area contributed by atoms with Crippen LogP contribution >= 0.6 is 0 Å². The fraction of sp³-hybridized carbons (Fsp3) is 0.667. The number of hydrogen-bond donors (Lipinski definition) is 2. The standard InChI is InChI=1S/C17H27N3O.2C2HF3O2/c1-14(2)20-12-17(13-20)10-15(7-9-19(17)3)11-21-16-6-4-5-8-18-16;2*3-2(4,5)1(6)7/h4-6,8,14-15H,7,9-13H2,1-3H3;2*(H,6,7). The Morgan fingerprint density at radius 1 is 1.11 bits per heavy atom.